The molecule has 0 heterocycles. The molecule has 0 spiro atoms. The first kappa shape index (κ1) is 15.8. The number of alkyl halides is 1. The first-order chi connectivity index (χ1) is 10.7. The summed E-state index contributed by atoms with van der Waals surface area (Å²) in [6.07, 6.45) is 6.53. The van der Waals surface area contributed by atoms with E-state index in [4.69, 9.17) is 0 Å². The average molecular weight is 320 g/mol. The molecule has 0 aromatic carbocycles. The Morgan fingerprint density at radius 2 is 1.91 bits per heavy atom. The van der Waals surface area contributed by atoms with Crippen LogP contribution in [-0.2, 0) is 4.79 Å². The van der Waals surface area contributed by atoms with E-state index in [9.17, 15) is 9.90 Å². The SMILES string of the molecule is C[C@]12CCC(=O)C=C1CC[C@@H]1[C@@H]2[C@H](F)C[C@@]2(C)[C@H]1CC[C@]2(C)O. The Balaban J connectivity index is 1.75. The number of carbonyl (C=O) groups excluding carboxylic acids is 1. The van der Waals surface area contributed by atoms with Crippen LogP contribution in [0.5, 0.6) is 0 Å². The van der Waals surface area contributed by atoms with Gasteiger partial charge in [0.05, 0.1) is 5.60 Å². The lowest BCUT2D eigenvalue weighted by molar-refractivity contribution is -0.148. The van der Waals surface area contributed by atoms with Crippen LogP contribution in [0.25, 0.3) is 0 Å². The van der Waals surface area contributed by atoms with Gasteiger partial charge in [-0.15, -0.1) is 0 Å². The minimum Gasteiger partial charge on any atom is -0.390 e. The van der Waals surface area contributed by atoms with Crippen LogP contribution in [0.3, 0.4) is 0 Å². The quantitative estimate of drug-likeness (QED) is 0.725. The zero-order valence-electron chi connectivity index (χ0n) is 14.6. The summed E-state index contributed by atoms with van der Waals surface area (Å²) in [6, 6.07) is 0. The Labute approximate surface area is 138 Å². The van der Waals surface area contributed by atoms with Gasteiger partial charge in [-0.25, -0.2) is 4.39 Å². The number of aliphatic hydroxyl groups is 1. The van der Waals surface area contributed by atoms with Crippen molar-refractivity contribution in [3.8, 4) is 0 Å². The molecule has 0 amide bonds. The Morgan fingerprint density at radius 3 is 2.65 bits per heavy atom. The molecular formula is C20H29FO2. The van der Waals surface area contributed by atoms with E-state index in [2.05, 4.69) is 13.8 Å². The van der Waals surface area contributed by atoms with E-state index in [0.29, 0.717) is 24.7 Å². The van der Waals surface area contributed by atoms with E-state index in [1.54, 1.807) is 0 Å². The number of ketones is 1. The van der Waals surface area contributed by atoms with Crippen LogP contribution in [0.15, 0.2) is 11.6 Å². The highest BCUT2D eigenvalue weighted by molar-refractivity contribution is 5.91. The maximum absolute atomic E-state index is 15.4. The molecule has 2 nitrogen and oxygen atoms in total. The summed E-state index contributed by atoms with van der Waals surface area (Å²) in [5.41, 5.74) is 0.0137. The van der Waals surface area contributed by atoms with E-state index in [1.165, 1.54) is 5.57 Å². The van der Waals surface area contributed by atoms with Gasteiger partial charge in [-0.3, -0.25) is 4.79 Å². The van der Waals surface area contributed by atoms with Crippen LogP contribution < -0.4 is 0 Å². The zero-order valence-corrected chi connectivity index (χ0v) is 14.6. The van der Waals surface area contributed by atoms with Gasteiger partial charge in [-0.05, 0) is 68.8 Å². The highest BCUT2D eigenvalue weighted by Crippen LogP contribution is 2.67. The third-order valence-electron chi connectivity index (χ3n) is 8.42. The van der Waals surface area contributed by atoms with Crippen molar-refractivity contribution in [3.05, 3.63) is 11.6 Å². The third-order valence-corrected chi connectivity index (χ3v) is 8.42. The fraction of sp³-hybridized carbons (Fsp3) is 0.850. The fourth-order valence-corrected chi connectivity index (χ4v) is 6.84. The lowest BCUT2D eigenvalue weighted by Gasteiger charge is -2.59. The summed E-state index contributed by atoms with van der Waals surface area (Å²) in [4.78, 5) is 11.8. The summed E-state index contributed by atoms with van der Waals surface area (Å²) < 4.78 is 15.4. The van der Waals surface area contributed by atoms with Crippen LogP contribution in [0, 0.1) is 28.6 Å². The van der Waals surface area contributed by atoms with E-state index in [-0.39, 0.29) is 22.5 Å². The molecule has 4 aliphatic rings. The van der Waals surface area contributed by atoms with E-state index in [0.717, 1.165) is 32.1 Å². The number of hydrogen-bond donors (Lipinski definition) is 1. The molecular weight excluding hydrogens is 291 g/mol. The Morgan fingerprint density at radius 1 is 1.17 bits per heavy atom. The summed E-state index contributed by atoms with van der Waals surface area (Å²) >= 11 is 0. The fourth-order valence-electron chi connectivity index (χ4n) is 6.84. The van der Waals surface area contributed by atoms with Crippen LogP contribution in [0.1, 0.15) is 65.7 Å². The molecule has 7 atom stereocenters. The highest BCUT2D eigenvalue weighted by atomic mass is 19.1. The standard InChI is InChI=1S/C20H29FO2/c1-18-8-6-13(22)10-12(18)4-5-14-15-7-9-20(3,23)19(15,2)11-16(21)17(14)18/h10,14-17,23H,4-9,11H2,1-3H3/t14-,15-,16+,17+,18-,19-,20-/m0/s1. The first-order valence-corrected chi connectivity index (χ1v) is 9.29. The van der Waals surface area contributed by atoms with Gasteiger partial charge in [0.15, 0.2) is 5.78 Å². The molecule has 0 radical (unpaired) electrons. The third kappa shape index (κ3) is 1.92. The molecule has 128 valence electrons. The van der Waals surface area contributed by atoms with Gasteiger partial charge in [0, 0.05) is 17.8 Å². The number of carbonyl (C=O) groups is 1. The summed E-state index contributed by atoms with van der Waals surface area (Å²) in [7, 11) is 0. The van der Waals surface area contributed by atoms with Crippen molar-refractivity contribution >= 4 is 5.78 Å². The van der Waals surface area contributed by atoms with Gasteiger partial charge in [-0.1, -0.05) is 19.4 Å². The van der Waals surface area contributed by atoms with Gasteiger partial charge in [0.2, 0.25) is 0 Å². The van der Waals surface area contributed by atoms with Crippen LogP contribution in [0.4, 0.5) is 4.39 Å². The van der Waals surface area contributed by atoms with Gasteiger partial charge in [0.25, 0.3) is 0 Å². The number of fused-ring (bicyclic) bond motifs is 5. The monoisotopic (exact) mass is 320 g/mol. The van der Waals surface area contributed by atoms with Crippen molar-refractivity contribution in [2.45, 2.75) is 77.5 Å². The number of rotatable bonds is 0. The lowest BCUT2D eigenvalue weighted by atomic mass is 9.46. The van der Waals surface area contributed by atoms with Crippen molar-refractivity contribution in [2.75, 3.05) is 0 Å². The summed E-state index contributed by atoms with van der Waals surface area (Å²) in [5.74, 6) is 1.02. The number of halogens is 1. The number of hydrogen-bond acceptors (Lipinski definition) is 2. The molecule has 4 rings (SSSR count). The molecule has 4 aliphatic carbocycles. The molecule has 3 saturated carbocycles. The molecule has 0 aromatic heterocycles. The molecule has 0 aromatic rings. The molecule has 0 unspecified atom stereocenters. The molecule has 1 N–H and O–H groups in total. The smallest absolute Gasteiger partial charge is 0.155 e. The highest BCUT2D eigenvalue weighted by Gasteiger charge is 2.65. The van der Waals surface area contributed by atoms with Gasteiger partial charge >= 0.3 is 0 Å². The Kier molecular flexibility index (Phi) is 3.22. The van der Waals surface area contributed by atoms with Gasteiger partial charge < -0.3 is 5.11 Å². The second-order valence-electron chi connectivity index (χ2n) is 9.34. The van der Waals surface area contributed by atoms with E-state index in [1.807, 2.05) is 13.0 Å². The van der Waals surface area contributed by atoms with Crippen molar-refractivity contribution in [3.63, 3.8) is 0 Å². The summed E-state index contributed by atoms with van der Waals surface area (Å²) in [5, 5.41) is 10.9. The molecule has 3 fully saturated rings. The minimum atomic E-state index is -0.868. The zero-order chi connectivity index (χ0) is 16.6. The van der Waals surface area contributed by atoms with Crippen molar-refractivity contribution in [2.24, 2.45) is 28.6 Å². The van der Waals surface area contributed by atoms with Crippen molar-refractivity contribution < 1.29 is 14.3 Å². The Hall–Kier alpha value is -0.700. The molecule has 0 saturated heterocycles. The van der Waals surface area contributed by atoms with Crippen LogP contribution in [0.2, 0.25) is 0 Å². The average Bonchev–Trinajstić information content (AvgIpc) is 2.69. The molecule has 0 aliphatic heterocycles. The topological polar surface area (TPSA) is 37.3 Å². The maximum atomic E-state index is 15.4. The normalized spacial score (nSPS) is 55.7. The van der Waals surface area contributed by atoms with Gasteiger partial charge in [0.1, 0.15) is 6.17 Å². The summed E-state index contributed by atoms with van der Waals surface area (Å²) in [6.45, 7) is 6.23. The van der Waals surface area contributed by atoms with E-state index >= 15 is 4.39 Å². The van der Waals surface area contributed by atoms with E-state index < -0.39 is 11.8 Å². The second kappa shape index (κ2) is 4.68. The van der Waals surface area contributed by atoms with Crippen molar-refractivity contribution in [1.29, 1.82) is 0 Å². The minimum absolute atomic E-state index is 0.0302. The van der Waals surface area contributed by atoms with Crippen molar-refractivity contribution in [1.82, 2.24) is 0 Å². The van der Waals surface area contributed by atoms with Gasteiger partial charge in [-0.2, -0.15) is 0 Å². The first-order valence-electron chi connectivity index (χ1n) is 9.29. The largest absolute Gasteiger partial charge is 0.390 e. The Bertz CT molecular complexity index is 580. The molecule has 23 heavy (non-hydrogen) atoms. The van der Waals surface area contributed by atoms with Crippen LogP contribution >= 0.6 is 0 Å². The molecule has 3 heteroatoms. The number of allylic oxidation sites excluding steroid dienone is 1. The predicted octanol–water partition coefficient (Wildman–Crippen LogP) is 4.22. The molecule has 0 bridgehead atoms. The lowest BCUT2D eigenvalue weighted by Crippen LogP contribution is -2.58. The van der Waals surface area contributed by atoms with Crippen LogP contribution in [-0.4, -0.2) is 22.7 Å². The second-order valence-corrected chi connectivity index (χ2v) is 9.34. The predicted molar refractivity (Wildman–Crippen MR) is 87.6 cm³/mol. The maximum Gasteiger partial charge on any atom is 0.155 e.